The molecule has 0 aliphatic rings. The minimum Gasteiger partial charge on any atom is -0.322 e. The number of halogens is 1. The standard InChI is InChI=1S/C15H11FN2O3/c16-13-8-7-12(10-14(13)18(20)21)17-15(19)9-6-11-4-2-1-3-5-11/h1-10H,(H,17,19)/b9-6+. The summed E-state index contributed by atoms with van der Waals surface area (Å²) in [6, 6.07) is 12.4. The van der Waals surface area contributed by atoms with Gasteiger partial charge in [-0.05, 0) is 23.8 Å². The summed E-state index contributed by atoms with van der Waals surface area (Å²) >= 11 is 0. The van der Waals surface area contributed by atoms with Crippen molar-refractivity contribution in [3.8, 4) is 0 Å². The maximum atomic E-state index is 13.2. The Morgan fingerprint density at radius 1 is 1.19 bits per heavy atom. The van der Waals surface area contributed by atoms with E-state index in [2.05, 4.69) is 5.32 Å². The Kier molecular flexibility index (Phi) is 4.40. The molecule has 0 aliphatic carbocycles. The fourth-order valence-electron chi connectivity index (χ4n) is 1.65. The van der Waals surface area contributed by atoms with Gasteiger partial charge in [0.05, 0.1) is 4.92 Å². The third-order valence-electron chi connectivity index (χ3n) is 2.64. The first-order chi connectivity index (χ1) is 10.1. The Hall–Kier alpha value is -3.02. The average molecular weight is 286 g/mol. The molecule has 2 aromatic rings. The summed E-state index contributed by atoms with van der Waals surface area (Å²) in [6.07, 6.45) is 2.90. The number of nitrogens with zero attached hydrogens (tertiary/aromatic N) is 1. The number of nitro groups is 1. The average Bonchev–Trinajstić information content (AvgIpc) is 2.48. The molecule has 0 aliphatic heterocycles. The molecule has 0 spiro atoms. The second-order valence-corrected chi connectivity index (χ2v) is 4.16. The van der Waals surface area contributed by atoms with E-state index in [1.807, 2.05) is 30.3 Å². The lowest BCUT2D eigenvalue weighted by atomic mass is 10.2. The van der Waals surface area contributed by atoms with Gasteiger partial charge in [0.25, 0.3) is 0 Å². The van der Waals surface area contributed by atoms with Crippen molar-refractivity contribution in [3.63, 3.8) is 0 Å². The number of hydrogen-bond acceptors (Lipinski definition) is 3. The monoisotopic (exact) mass is 286 g/mol. The highest BCUT2D eigenvalue weighted by Gasteiger charge is 2.14. The largest absolute Gasteiger partial charge is 0.322 e. The van der Waals surface area contributed by atoms with Gasteiger partial charge < -0.3 is 5.32 Å². The predicted molar refractivity (Wildman–Crippen MR) is 77.2 cm³/mol. The normalized spacial score (nSPS) is 10.5. The first-order valence-electron chi connectivity index (χ1n) is 6.04. The van der Waals surface area contributed by atoms with E-state index in [1.165, 1.54) is 12.1 Å². The van der Waals surface area contributed by atoms with Crippen molar-refractivity contribution in [3.05, 3.63) is 76.1 Å². The van der Waals surface area contributed by atoms with Crippen molar-refractivity contribution in [2.75, 3.05) is 5.32 Å². The van der Waals surface area contributed by atoms with E-state index in [0.29, 0.717) is 0 Å². The minimum atomic E-state index is -0.946. The van der Waals surface area contributed by atoms with E-state index in [0.717, 1.165) is 17.7 Å². The predicted octanol–water partition coefficient (Wildman–Crippen LogP) is 3.39. The Balaban J connectivity index is 2.08. The van der Waals surface area contributed by atoms with Crippen molar-refractivity contribution in [2.24, 2.45) is 0 Å². The van der Waals surface area contributed by atoms with Crippen molar-refractivity contribution >= 4 is 23.4 Å². The van der Waals surface area contributed by atoms with E-state index in [9.17, 15) is 19.3 Å². The number of anilines is 1. The summed E-state index contributed by atoms with van der Waals surface area (Å²) in [5.74, 6) is -1.41. The highest BCUT2D eigenvalue weighted by atomic mass is 19.1. The van der Waals surface area contributed by atoms with Crippen LogP contribution in [0.2, 0.25) is 0 Å². The second-order valence-electron chi connectivity index (χ2n) is 4.16. The van der Waals surface area contributed by atoms with Gasteiger partial charge in [0.15, 0.2) is 0 Å². The number of hydrogen-bond donors (Lipinski definition) is 1. The van der Waals surface area contributed by atoms with Gasteiger partial charge >= 0.3 is 5.69 Å². The van der Waals surface area contributed by atoms with Crippen molar-refractivity contribution in [1.29, 1.82) is 0 Å². The van der Waals surface area contributed by atoms with Crippen molar-refractivity contribution in [1.82, 2.24) is 0 Å². The molecule has 5 nitrogen and oxygen atoms in total. The number of rotatable bonds is 4. The number of amides is 1. The Labute approximate surface area is 119 Å². The topological polar surface area (TPSA) is 72.2 Å². The van der Waals surface area contributed by atoms with E-state index >= 15 is 0 Å². The summed E-state index contributed by atoms with van der Waals surface area (Å²) in [5.41, 5.74) is 0.323. The summed E-state index contributed by atoms with van der Waals surface area (Å²) in [7, 11) is 0. The fraction of sp³-hybridized carbons (Fsp3) is 0. The first-order valence-corrected chi connectivity index (χ1v) is 6.04. The lowest BCUT2D eigenvalue weighted by Crippen LogP contribution is -2.08. The SMILES string of the molecule is O=C(/C=C/c1ccccc1)Nc1ccc(F)c([N+](=O)[O-])c1. The summed E-state index contributed by atoms with van der Waals surface area (Å²) in [5, 5.41) is 13.0. The second kappa shape index (κ2) is 6.42. The van der Waals surface area contributed by atoms with Gasteiger partial charge in [0, 0.05) is 17.8 Å². The zero-order valence-corrected chi connectivity index (χ0v) is 10.8. The van der Waals surface area contributed by atoms with Crippen LogP contribution in [0, 0.1) is 15.9 Å². The molecule has 1 N–H and O–H groups in total. The van der Waals surface area contributed by atoms with Gasteiger partial charge in [0.1, 0.15) is 0 Å². The molecule has 0 bridgehead atoms. The molecule has 0 unspecified atom stereocenters. The molecule has 0 fully saturated rings. The summed E-state index contributed by atoms with van der Waals surface area (Å²) < 4.78 is 13.2. The van der Waals surface area contributed by atoms with E-state index < -0.39 is 22.3 Å². The van der Waals surface area contributed by atoms with Gasteiger partial charge in [-0.1, -0.05) is 30.3 Å². The van der Waals surface area contributed by atoms with Crippen molar-refractivity contribution < 1.29 is 14.1 Å². The van der Waals surface area contributed by atoms with E-state index in [4.69, 9.17) is 0 Å². The van der Waals surface area contributed by atoms with Crippen LogP contribution in [-0.2, 0) is 4.79 Å². The molecule has 0 atom stereocenters. The molecule has 0 aromatic heterocycles. The number of nitrogens with one attached hydrogen (secondary N) is 1. The van der Waals surface area contributed by atoms with E-state index in [-0.39, 0.29) is 5.69 Å². The number of carbonyl (C=O) groups excluding carboxylic acids is 1. The van der Waals surface area contributed by atoms with Crippen LogP contribution in [0.25, 0.3) is 6.08 Å². The van der Waals surface area contributed by atoms with Crippen LogP contribution in [0.3, 0.4) is 0 Å². The summed E-state index contributed by atoms with van der Waals surface area (Å²) in [6.45, 7) is 0. The highest BCUT2D eigenvalue weighted by Crippen LogP contribution is 2.21. The van der Waals surface area contributed by atoms with E-state index in [1.54, 1.807) is 6.08 Å². The smallest absolute Gasteiger partial charge is 0.306 e. The summed E-state index contributed by atoms with van der Waals surface area (Å²) in [4.78, 5) is 21.5. The maximum Gasteiger partial charge on any atom is 0.306 e. The van der Waals surface area contributed by atoms with Crippen LogP contribution in [0.15, 0.2) is 54.6 Å². The van der Waals surface area contributed by atoms with Crippen molar-refractivity contribution in [2.45, 2.75) is 0 Å². The number of nitro benzene ring substituents is 1. The van der Waals surface area contributed by atoms with Crippen LogP contribution in [0.1, 0.15) is 5.56 Å². The van der Waals surface area contributed by atoms with Crippen LogP contribution in [-0.4, -0.2) is 10.8 Å². The first kappa shape index (κ1) is 14.4. The molecule has 106 valence electrons. The lowest BCUT2D eigenvalue weighted by Gasteiger charge is -2.02. The van der Waals surface area contributed by atoms with Gasteiger partial charge in [-0.25, -0.2) is 0 Å². The van der Waals surface area contributed by atoms with Crippen LogP contribution in [0.5, 0.6) is 0 Å². The molecule has 0 saturated heterocycles. The number of carbonyl (C=O) groups is 1. The molecule has 21 heavy (non-hydrogen) atoms. The fourth-order valence-corrected chi connectivity index (χ4v) is 1.65. The molecular weight excluding hydrogens is 275 g/mol. The van der Waals surface area contributed by atoms with Gasteiger partial charge in [-0.15, -0.1) is 0 Å². The maximum absolute atomic E-state index is 13.2. The van der Waals surface area contributed by atoms with Gasteiger partial charge in [-0.3, -0.25) is 14.9 Å². The quantitative estimate of drug-likeness (QED) is 0.532. The number of benzene rings is 2. The Morgan fingerprint density at radius 2 is 1.90 bits per heavy atom. The zero-order chi connectivity index (χ0) is 15.2. The van der Waals surface area contributed by atoms with Gasteiger partial charge in [-0.2, -0.15) is 4.39 Å². The van der Waals surface area contributed by atoms with Crippen LogP contribution in [0.4, 0.5) is 15.8 Å². The zero-order valence-electron chi connectivity index (χ0n) is 10.8. The minimum absolute atomic E-state index is 0.158. The van der Waals surface area contributed by atoms with Crippen LogP contribution >= 0.6 is 0 Å². The third-order valence-corrected chi connectivity index (χ3v) is 2.64. The lowest BCUT2D eigenvalue weighted by molar-refractivity contribution is -0.387. The molecule has 2 rings (SSSR count). The Morgan fingerprint density at radius 3 is 2.57 bits per heavy atom. The molecule has 0 heterocycles. The molecule has 6 heteroatoms. The highest BCUT2D eigenvalue weighted by molar-refractivity contribution is 6.02. The molecule has 0 radical (unpaired) electrons. The Bertz CT molecular complexity index is 699. The molecule has 1 amide bonds. The molecule has 2 aromatic carbocycles. The molecule has 0 saturated carbocycles. The van der Waals surface area contributed by atoms with Gasteiger partial charge in [0.2, 0.25) is 11.7 Å². The molecular formula is C15H11FN2O3. The van der Waals surface area contributed by atoms with Crippen LogP contribution < -0.4 is 5.32 Å². The third kappa shape index (κ3) is 3.97.